The summed E-state index contributed by atoms with van der Waals surface area (Å²) in [5, 5.41) is 3.16. The number of nitrogens with zero attached hydrogens (tertiary/aromatic N) is 3. The summed E-state index contributed by atoms with van der Waals surface area (Å²) in [6.45, 7) is 1.77. The van der Waals surface area contributed by atoms with Crippen molar-refractivity contribution >= 4 is 29.1 Å². The van der Waals surface area contributed by atoms with Gasteiger partial charge in [-0.3, -0.25) is 4.79 Å². The molecule has 1 heterocycles. The first kappa shape index (κ1) is 19.4. The number of halogens is 4. The maximum absolute atomic E-state index is 13.5. The number of benzene rings is 1. The van der Waals surface area contributed by atoms with Crippen LogP contribution in [0.15, 0.2) is 24.4 Å². The van der Waals surface area contributed by atoms with Gasteiger partial charge < -0.3 is 10.2 Å². The van der Waals surface area contributed by atoms with Crippen molar-refractivity contribution in [2.75, 3.05) is 12.4 Å². The number of hydrogen-bond acceptors (Lipinski definition) is 4. The maximum atomic E-state index is 13.5. The van der Waals surface area contributed by atoms with Crippen LogP contribution in [-0.2, 0) is 6.18 Å². The molecule has 2 aromatic rings. The molecule has 1 aromatic heterocycles. The van der Waals surface area contributed by atoms with Gasteiger partial charge in [0.05, 0.1) is 5.56 Å². The van der Waals surface area contributed by atoms with Gasteiger partial charge in [0.1, 0.15) is 0 Å². The topological polar surface area (TPSA) is 58.1 Å². The van der Waals surface area contributed by atoms with Gasteiger partial charge in [0.2, 0.25) is 5.95 Å². The molecule has 27 heavy (non-hydrogen) atoms. The second-order valence-corrected chi connectivity index (χ2v) is 6.98. The zero-order chi connectivity index (χ0) is 19.8. The minimum Gasteiger partial charge on any atom is -0.339 e. The van der Waals surface area contributed by atoms with Crippen LogP contribution in [0.25, 0.3) is 0 Å². The summed E-state index contributed by atoms with van der Waals surface area (Å²) in [5.74, 6) is -0.979. The standard InChI is InChI=1S/C18H18ClF3N4O/c1-10-6-7-11(19)8-14(10)24-17-23-9-13(15(25-17)18(20,21)22)16(27)26(2)12-4-3-5-12/h6-9,12H,3-5H2,1-2H3,(H,23,24,25). The largest absolute Gasteiger partial charge is 0.434 e. The zero-order valence-corrected chi connectivity index (χ0v) is 15.5. The Morgan fingerprint density at radius 3 is 2.63 bits per heavy atom. The molecule has 1 amide bonds. The number of carbonyl (C=O) groups excluding carboxylic acids is 1. The van der Waals surface area contributed by atoms with E-state index >= 15 is 0 Å². The van der Waals surface area contributed by atoms with Crippen molar-refractivity contribution in [1.82, 2.24) is 14.9 Å². The van der Waals surface area contributed by atoms with E-state index in [-0.39, 0.29) is 12.0 Å². The van der Waals surface area contributed by atoms with Crippen molar-refractivity contribution in [3.63, 3.8) is 0 Å². The summed E-state index contributed by atoms with van der Waals surface area (Å²) in [5.41, 5.74) is -0.552. The molecule has 0 saturated heterocycles. The van der Waals surface area contributed by atoms with E-state index in [2.05, 4.69) is 15.3 Å². The second-order valence-electron chi connectivity index (χ2n) is 6.54. The highest BCUT2D eigenvalue weighted by Crippen LogP contribution is 2.33. The lowest BCUT2D eigenvalue weighted by Crippen LogP contribution is -2.42. The lowest BCUT2D eigenvalue weighted by atomic mass is 9.91. The predicted molar refractivity (Wildman–Crippen MR) is 96.2 cm³/mol. The molecule has 0 aliphatic heterocycles. The first-order valence-corrected chi connectivity index (χ1v) is 8.79. The van der Waals surface area contributed by atoms with E-state index in [4.69, 9.17) is 11.6 Å². The SMILES string of the molecule is Cc1ccc(Cl)cc1Nc1ncc(C(=O)N(C)C2CCC2)c(C(F)(F)F)n1. The zero-order valence-electron chi connectivity index (χ0n) is 14.8. The molecule has 9 heteroatoms. The molecule has 144 valence electrons. The number of nitrogens with one attached hydrogen (secondary N) is 1. The van der Waals surface area contributed by atoms with Gasteiger partial charge in [0.25, 0.3) is 5.91 Å². The molecule has 3 rings (SSSR count). The van der Waals surface area contributed by atoms with Crippen LogP contribution >= 0.6 is 11.6 Å². The summed E-state index contributed by atoms with van der Waals surface area (Å²) in [6, 6.07) is 4.92. The van der Waals surface area contributed by atoms with Gasteiger partial charge in [0, 0.05) is 30.0 Å². The molecule has 1 fully saturated rings. The second kappa shape index (κ2) is 7.34. The quantitative estimate of drug-likeness (QED) is 0.801. The van der Waals surface area contributed by atoms with Gasteiger partial charge in [-0.1, -0.05) is 17.7 Å². The smallest absolute Gasteiger partial charge is 0.339 e. The van der Waals surface area contributed by atoms with Gasteiger partial charge in [-0.2, -0.15) is 13.2 Å². The number of carbonyl (C=O) groups is 1. The molecule has 1 saturated carbocycles. The monoisotopic (exact) mass is 398 g/mol. The van der Waals surface area contributed by atoms with Crippen molar-refractivity contribution < 1.29 is 18.0 Å². The summed E-state index contributed by atoms with van der Waals surface area (Å²) < 4.78 is 40.6. The first-order valence-electron chi connectivity index (χ1n) is 8.41. The number of hydrogen-bond donors (Lipinski definition) is 1. The molecule has 0 unspecified atom stereocenters. The van der Waals surface area contributed by atoms with E-state index in [1.165, 1.54) is 11.9 Å². The van der Waals surface area contributed by atoms with Crippen LogP contribution in [0, 0.1) is 6.92 Å². The molecule has 0 spiro atoms. The third kappa shape index (κ3) is 4.16. The Labute approximate surface area is 159 Å². The lowest BCUT2D eigenvalue weighted by Gasteiger charge is -2.35. The molecule has 1 N–H and O–H groups in total. The Morgan fingerprint density at radius 2 is 2.04 bits per heavy atom. The highest BCUT2D eigenvalue weighted by atomic mass is 35.5. The maximum Gasteiger partial charge on any atom is 0.434 e. The van der Waals surface area contributed by atoms with E-state index < -0.39 is 23.3 Å². The van der Waals surface area contributed by atoms with E-state index in [0.29, 0.717) is 10.7 Å². The van der Waals surface area contributed by atoms with Crippen LogP contribution < -0.4 is 5.32 Å². The van der Waals surface area contributed by atoms with Crippen molar-refractivity contribution in [3.05, 3.63) is 46.2 Å². The van der Waals surface area contributed by atoms with Crippen LogP contribution in [0.5, 0.6) is 0 Å². The summed E-state index contributed by atoms with van der Waals surface area (Å²) in [7, 11) is 1.51. The third-order valence-electron chi connectivity index (χ3n) is 4.68. The molecule has 1 aliphatic carbocycles. The van der Waals surface area contributed by atoms with Crippen molar-refractivity contribution in [1.29, 1.82) is 0 Å². The molecule has 0 radical (unpaired) electrons. The van der Waals surface area contributed by atoms with Crippen LogP contribution in [-0.4, -0.2) is 33.9 Å². The molecule has 1 aromatic carbocycles. The minimum atomic E-state index is -4.78. The number of aryl methyl sites for hydroxylation is 1. The van der Waals surface area contributed by atoms with E-state index in [9.17, 15) is 18.0 Å². The summed E-state index contributed by atoms with van der Waals surface area (Å²) >= 11 is 5.93. The Bertz CT molecular complexity index is 868. The van der Waals surface area contributed by atoms with Crippen molar-refractivity contribution in [2.24, 2.45) is 0 Å². The molecule has 0 atom stereocenters. The van der Waals surface area contributed by atoms with Gasteiger partial charge in [-0.05, 0) is 43.9 Å². The van der Waals surface area contributed by atoms with Gasteiger partial charge in [0.15, 0.2) is 5.69 Å². The Balaban J connectivity index is 1.94. The van der Waals surface area contributed by atoms with E-state index in [0.717, 1.165) is 31.0 Å². The average molecular weight is 399 g/mol. The van der Waals surface area contributed by atoms with Crippen molar-refractivity contribution in [3.8, 4) is 0 Å². The van der Waals surface area contributed by atoms with Crippen LogP contribution in [0.1, 0.15) is 40.9 Å². The number of aromatic nitrogens is 2. The summed E-state index contributed by atoms with van der Waals surface area (Å²) in [4.78, 5) is 21.4. The third-order valence-corrected chi connectivity index (χ3v) is 4.91. The Morgan fingerprint density at radius 1 is 1.33 bits per heavy atom. The highest BCUT2D eigenvalue weighted by molar-refractivity contribution is 6.30. The number of alkyl halides is 3. The summed E-state index contributed by atoms with van der Waals surface area (Å²) in [6.07, 6.45) is -1.31. The number of anilines is 2. The molecule has 0 bridgehead atoms. The van der Waals surface area contributed by atoms with E-state index in [1.807, 2.05) is 0 Å². The fourth-order valence-electron chi connectivity index (χ4n) is 2.79. The molecule has 1 aliphatic rings. The van der Waals surface area contributed by atoms with Gasteiger partial charge in [-0.25, -0.2) is 9.97 Å². The number of amides is 1. The minimum absolute atomic E-state index is 0.0366. The van der Waals surface area contributed by atoms with Crippen LogP contribution in [0.4, 0.5) is 24.8 Å². The first-order chi connectivity index (χ1) is 12.7. The fourth-order valence-corrected chi connectivity index (χ4v) is 2.97. The Kier molecular flexibility index (Phi) is 5.28. The van der Waals surface area contributed by atoms with E-state index in [1.54, 1.807) is 25.1 Å². The van der Waals surface area contributed by atoms with Crippen LogP contribution in [0.3, 0.4) is 0 Å². The van der Waals surface area contributed by atoms with Crippen molar-refractivity contribution in [2.45, 2.75) is 38.4 Å². The normalized spacial score (nSPS) is 14.6. The average Bonchev–Trinajstić information content (AvgIpc) is 2.55. The predicted octanol–water partition coefficient (Wildman–Crippen LogP) is 4.83. The number of rotatable bonds is 4. The molecular formula is C18H18ClF3N4O. The fraction of sp³-hybridized carbons (Fsp3) is 0.389. The van der Waals surface area contributed by atoms with Gasteiger partial charge >= 0.3 is 6.18 Å². The Hall–Kier alpha value is -2.35. The molecule has 5 nitrogen and oxygen atoms in total. The van der Waals surface area contributed by atoms with Crippen LogP contribution in [0.2, 0.25) is 5.02 Å². The lowest BCUT2D eigenvalue weighted by molar-refractivity contribution is -0.141. The molecular weight excluding hydrogens is 381 g/mol. The highest BCUT2D eigenvalue weighted by Gasteiger charge is 2.40. The van der Waals surface area contributed by atoms with Gasteiger partial charge in [-0.15, -0.1) is 0 Å².